The van der Waals surface area contributed by atoms with Crippen LogP contribution < -0.4 is 10.0 Å². The molecule has 1 aliphatic rings. The second-order valence-corrected chi connectivity index (χ2v) is 12.4. The predicted octanol–water partition coefficient (Wildman–Crippen LogP) is 3.41. The predicted molar refractivity (Wildman–Crippen MR) is 144 cm³/mol. The Hall–Kier alpha value is -3.29. The molecule has 0 radical (unpaired) electrons. The maximum atomic E-state index is 13.2. The first-order chi connectivity index (χ1) is 18.1. The van der Waals surface area contributed by atoms with Gasteiger partial charge in [0.15, 0.2) is 9.84 Å². The van der Waals surface area contributed by atoms with Gasteiger partial charge in [-0.3, -0.25) is 19.4 Å². The number of aromatic nitrogens is 1. The Balaban J connectivity index is 1.53. The third-order valence-corrected chi connectivity index (χ3v) is 9.42. The topological polar surface area (TPSA) is 135 Å². The summed E-state index contributed by atoms with van der Waals surface area (Å²) in [7, 11) is -7.79. The fraction of sp³-hybridized carbons (Fsp3) is 0.200. The highest BCUT2D eigenvalue weighted by Crippen LogP contribution is 2.26. The van der Waals surface area contributed by atoms with Crippen LogP contribution in [0.15, 0.2) is 89.4 Å². The van der Waals surface area contributed by atoms with Gasteiger partial charge >= 0.3 is 0 Å². The molecule has 1 atom stereocenters. The van der Waals surface area contributed by atoms with E-state index in [-0.39, 0.29) is 26.1 Å². The summed E-state index contributed by atoms with van der Waals surface area (Å²) in [4.78, 5) is 18.7. The van der Waals surface area contributed by atoms with Crippen molar-refractivity contribution in [3.8, 4) is 0 Å². The number of morpholine rings is 1. The van der Waals surface area contributed by atoms with Crippen LogP contribution in [0.3, 0.4) is 0 Å². The van der Waals surface area contributed by atoms with Gasteiger partial charge in [0.2, 0.25) is 0 Å². The van der Waals surface area contributed by atoms with Gasteiger partial charge in [0, 0.05) is 36.2 Å². The van der Waals surface area contributed by atoms with E-state index >= 15 is 0 Å². The first kappa shape index (κ1) is 27.7. The van der Waals surface area contributed by atoms with Crippen LogP contribution in [0, 0.1) is 0 Å². The Morgan fingerprint density at radius 2 is 1.76 bits per heavy atom. The zero-order valence-electron chi connectivity index (χ0n) is 20.1. The van der Waals surface area contributed by atoms with Crippen molar-refractivity contribution in [1.29, 1.82) is 0 Å². The van der Waals surface area contributed by atoms with Crippen molar-refractivity contribution in [2.75, 3.05) is 36.3 Å². The smallest absolute Gasteiger partial charge is 0.263 e. The van der Waals surface area contributed by atoms with E-state index in [2.05, 4.69) is 21.6 Å². The van der Waals surface area contributed by atoms with Gasteiger partial charge in [-0.05, 0) is 54.6 Å². The van der Waals surface area contributed by atoms with E-state index < -0.39 is 31.1 Å². The third-order valence-electron chi connectivity index (χ3n) is 5.78. The molecule has 1 amide bonds. The van der Waals surface area contributed by atoms with Crippen LogP contribution in [-0.4, -0.2) is 64.3 Å². The number of sulfone groups is 1. The van der Waals surface area contributed by atoms with Crippen LogP contribution in [0.4, 0.5) is 11.4 Å². The molecule has 1 fully saturated rings. The highest BCUT2D eigenvalue weighted by Gasteiger charge is 2.31. The van der Waals surface area contributed by atoms with Gasteiger partial charge in [0.25, 0.3) is 15.9 Å². The molecule has 4 rings (SSSR count). The standard InChI is InChI=1S/C25H25ClN4O6S2/c1-2-24(30-12-14-36-15-13-30)37(32,33)20-8-6-19(7-9-20)28-25(31)22-16-18(26)5-10-23(22)29-38(34,35)21-4-3-11-27-17-21/h2-11,16-17,24,29H,1,12-15H2,(H,28,31). The van der Waals surface area contributed by atoms with Gasteiger partial charge in [0.05, 0.1) is 29.4 Å². The van der Waals surface area contributed by atoms with Crippen molar-refractivity contribution in [3.63, 3.8) is 0 Å². The minimum Gasteiger partial charge on any atom is -0.379 e. The van der Waals surface area contributed by atoms with Crippen molar-refractivity contribution in [1.82, 2.24) is 9.88 Å². The lowest BCUT2D eigenvalue weighted by Crippen LogP contribution is -2.46. The molecule has 0 aliphatic carbocycles. The van der Waals surface area contributed by atoms with Crippen molar-refractivity contribution >= 4 is 48.7 Å². The van der Waals surface area contributed by atoms with Crippen molar-refractivity contribution in [2.45, 2.75) is 15.2 Å². The number of benzene rings is 2. The van der Waals surface area contributed by atoms with Crippen LogP contribution >= 0.6 is 11.6 Å². The number of hydrogen-bond acceptors (Lipinski definition) is 8. The molecule has 2 aromatic carbocycles. The number of hydrogen-bond donors (Lipinski definition) is 2. The highest BCUT2D eigenvalue weighted by atomic mass is 35.5. The average molecular weight is 577 g/mol. The van der Waals surface area contributed by atoms with Crippen molar-refractivity contribution in [3.05, 3.63) is 90.2 Å². The van der Waals surface area contributed by atoms with Crippen molar-refractivity contribution < 1.29 is 26.4 Å². The normalized spacial score (nSPS) is 15.4. The number of rotatable bonds is 9. The molecule has 13 heteroatoms. The number of nitrogens with one attached hydrogen (secondary N) is 2. The lowest BCUT2D eigenvalue weighted by Gasteiger charge is -2.32. The second-order valence-electron chi connectivity index (χ2n) is 8.28. The molecule has 0 saturated carbocycles. The Kier molecular flexibility index (Phi) is 8.48. The van der Waals surface area contributed by atoms with Crippen molar-refractivity contribution in [2.24, 2.45) is 0 Å². The fourth-order valence-corrected chi connectivity index (χ4v) is 6.74. The molecule has 1 aliphatic heterocycles. The molecule has 1 saturated heterocycles. The van der Waals surface area contributed by atoms with Gasteiger partial charge in [-0.2, -0.15) is 0 Å². The molecule has 2 N–H and O–H groups in total. The summed E-state index contributed by atoms with van der Waals surface area (Å²) in [5.41, 5.74) is 0.284. The quantitative estimate of drug-likeness (QED) is 0.370. The van der Waals surface area contributed by atoms with Crippen LogP contribution in [0.5, 0.6) is 0 Å². The third kappa shape index (κ3) is 6.22. The summed E-state index contributed by atoms with van der Waals surface area (Å²) in [5, 5.41) is 1.96. The number of amides is 1. The lowest BCUT2D eigenvalue weighted by atomic mass is 10.1. The number of carbonyl (C=O) groups excluding carboxylic acids is 1. The molecule has 3 aromatic rings. The summed E-state index contributed by atoms with van der Waals surface area (Å²) in [6.07, 6.45) is 4.02. The number of carbonyl (C=O) groups is 1. The number of sulfonamides is 1. The molecule has 1 aromatic heterocycles. The highest BCUT2D eigenvalue weighted by molar-refractivity contribution is 7.92. The average Bonchev–Trinajstić information content (AvgIpc) is 2.91. The lowest BCUT2D eigenvalue weighted by molar-refractivity contribution is 0.0374. The van der Waals surface area contributed by atoms with E-state index in [1.165, 1.54) is 73.1 Å². The van der Waals surface area contributed by atoms with Gasteiger partial charge < -0.3 is 10.1 Å². The summed E-state index contributed by atoms with van der Waals surface area (Å²) in [6.45, 7) is 5.51. The zero-order chi connectivity index (χ0) is 27.3. The van der Waals surface area contributed by atoms with E-state index in [1.54, 1.807) is 4.90 Å². The summed E-state index contributed by atoms with van der Waals surface area (Å²) < 4.78 is 59.7. The van der Waals surface area contributed by atoms with Crippen LogP contribution in [0.2, 0.25) is 5.02 Å². The van der Waals surface area contributed by atoms with E-state index in [9.17, 15) is 21.6 Å². The summed E-state index contributed by atoms with van der Waals surface area (Å²) >= 11 is 6.08. The number of ether oxygens (including phenoxy) is 1. The second kappa shape index (κ2) is 11.6. The van der Waals surface area contributed by atoms with E-state index in [4.69, 9.17) is 16.3 Å². The first-order valence-electron chi connectivity index (χ1n) is 11.4. The van der Waals surface area contributed by atoms with Crippen LogP contribution in [-0.2, 0) is 24.6 Å². The number of halogens is 1. The first-order valence-corrected chi connectivity index (χ1v) is 14.8. The Bertz CT molecular complexity index is 1530. The molecule has 200 valence electrons. The number of pyridine rings is 1. The Labute approximate surface area is 226 Å². The van der Waals surface area contributed by atoms with Gasteiger partial charge in [-0.25, -0.2) is 16.8 Å². The van der Waals surface area contributed by atoms with E-state index in [0.29, 0.717) is 32.0 Å². The van der Waals surface area contributed by atoms with Gasteiger partial charge in [-0.15, -0.1) is 6.58 Å². The number of anilines is 2. The Morgan fingerprint density at radius 1 is 1.05 bits per heavy atom. The maximum Gasteiger partial charge on any atom is 0.263 e. The largest absolute Gasteiger partial charge is 0.379 e. The zero-order valence-corrected chi connectivity index (χ0v) is 22.5. The number of nitrogens with zero attached hydrogens (tertiary/aromatic N) is 2. The molecular formula is C25H25ClN4O6S2. The van der Waals surface area contributed by atoms with Crippen LogP contribution in [0.25, 0.3) is 0 Å². The SMILES string of the molecule is C=CC(N1CCOCC1)S(=O)(=O)c1ccc(NC(=O)c2cc(Cl)ccc2NS(=O)(=O)c2cccnc2)cc1. The summed E-state index contributed by atoms with van der Waals surface area (Å²) in [6, 6.07) is 12.7. The fourth-order valence-electron chi connectivity index (χ4n) is 3.87. The minimum absolute atomic E-state index is 0.00860. The molecular weight excluding hydrogens is 552 g/mol. The Morgan fingerprint density at radius 3 is 2.39 bits per heavy atom. The molecule has 1 unspecified atom stereocenters. The maximum absolute atomic E-state index is 13.2. The molecule has 0 bridgehead atoms. The van der Waals surface area contributed by atoms with Gasteiger partial charge in [-0.1, -0.05) is 17.7 Å². The molecule has 10 nitrogen and oxygen atoms in total. The molecule has 38 heavy (non-hydrogen) atoms. The minimum atomic E-state index is -4.02. The van der Waals surface area contributed by atoms with Crippen LogP contribution in [0.1, 0.15) is 10.4 Å². The molecule has 2 heterocycles. The van der Waals surface area contributed by atoms with E-state index in [0.717, 1.165) is 0 Å². The summed E-state index contributed by atoms with van der Waals surface area (Å²) in [5.74, 6) is -0.649. The molecule has 0 spiro atoms. The monoisotopic (exact) mass is 576 g/mol. The van der Waals surface area contributed by atoms with Gasteiger partial charge in [0.1, 0.15) is 10.3 Å². The van der Waals surface area contributed by atoms with E-state index in [1.807, 2.05) is 0 Å².